The molecule has 4 rings (SSSR count). The number of nitrogens with zero attached hydrogens (tertiary/aromatic N) is 4. The number of rotatable bonds is 3. The van der Waals surface area contributed by atoms with E-state index in [0.29, 0.717) is 12.0 Å². The number of nitrogens with two attached hydrogens (primary N) is 1. The van der Waals surface area contributed by atoms with Gasteiger partial charge in [-0.2, -0.15) is 10.2 Å². The molecule has 3 aromatic rings. The van der Waals surface area contributed by atoms with E-state index in [0.717, 1.165) is 17.6 Å². The summed E-state index contributed by atoms with van der Waals surface area (Å²) >= 11 is 0. The smallest absolute Gasteiger partial charge is 0.0929 e. The third kappa shape index (κ3) is 2.77. The summed E-state index contributed by atoms with van der Waals surface area (Å²) in [6.45, 7) is 0.822. The lowest BCUT2D eigenvalue weighted by molar-refractivity contribution is 0.266. The second kappa shape index (κ2) is 5.81. The molecule has 0 amide bonds. The topological polar surface area (TPSA) is 61.7 Å². The van der Waals surface area contributed by atoms with E-state index in [-0.39, 0.29) is 0 Å². The van der Waals surface area contributed by atoms with Gasteiger partial charge in [0.1, 0.15) is 0 Å². The second-order valence-electron chi connectivity index (χ2n) is 6.70. The van der Waals surface area contributed by atoms with Crippen molar-refractivity contribution in [1.82, 2.24) is 19.6 Å². The van der Waals surface area contributed by atoms with Gasteiger partial charge in [-0.1, -0.05) is 12.1 Å². The van der Waals surface area contributed by atoms with Crippen molar-refractivity contribution in [3.8, 4) is 11.1 Å². The van der Waals surface area contributed by atoms with E-state index in [4.69, 9.17) is 10.8 Å². The summed E-state index contributed by atoms with van der Waals surface area (Å²) in [5, 5.41) is 10.3. The first-order valence-electron chi connectivity index (χ1n) is 8.41. The molecule has 1 aliphatic carbocycles. The minimum atomic E-state index is 0.520. The fourth-order valence-electron chi connectivity index (χ4n) is 3.62. The Kier molecular flexibility index (Phi) is 3.65. The van der Waals surface area contributed by atoms with E-state index in [1.165, 1.54) is 36.6 Å². The molecular formula is C18H23N5. The number of aryl methyl sites for hydroxylation is 1. The zero-order valence-corrected chi connectivity index (χ0v) is 13.5. The van der Waals surface area contributed by atoms with E-state index < -0.39 is 0 Å². The van der Waals surface area contributed by atoms with E-state index >= 15 is 0 Å². The van der Waals surface area contributed by atoms with Gasteiger partial charge in [-0.15, -0.1) is 0 Å². The SMILES string of the molecule is Cn1cc(-c2ccc3cn(C4CCC(CN)CC4)nc3c2)cn1. The molecular weight excluding hydrogens is 286 g/mol. The van der Waals surface area contributed by atoms with E-state index in [9.17, 15) is 0 Å². The van der Waals surface area contributed by atoms with Crippen LogP contribution in [-0.2, 0) is 7.05 Å². The molecule has 1 fully saturated rings. The van der Waals surface area contributed by atoms with Gasteiger partial charge in [0.25, 0.3) is 0 Å². The highest BCUT2D eigenvalue weighted by Gasteiger charge is 2.22. The molecule has 1 aliphatic rings. The highest BCUT2D eigenvalue weighted by Crippen LogP contribution is 2.32. The number of benzene rings is 1. The Hall–Kier alpha value is -2.14. The summed E-state index contributed by atoms with van der Waals surface area (Å²) in [5.41, 5.74) is 9.16. The highest BCUT2D eigenvalue weighted by atomic mass is 15.3. The molecule has 2 aromatic heterocycles. The van der Waals surface area contributed by atoms with Crippen molar-refractivity contribution in [1.29, 1.82) is 0 Å². The molecule has 0 unspecified atom stereocenters. The summed E-state index contributed by atoms with van der Waals surface area (Å²) in [6.07, 6.45) is 10.9. The van der Waals surface area contributed by atoms with Gasteiger partial charge < -0.3 is 5.73 Å². The summed E-state index contributed by atoms with van der Waals surface area (Å²) < 4.78 is 4.00. The van der Waals surface area contributed by atoms with Crippen LogP contribution >= 0.6 is 0 Å². The summed E-state index contributed by atoms with van der Waals surface area (Å²) in [5.74, 6) is 0.702. The third-order valence-corrected chi connectivity index (χ3v) is 5.09. The summed E-state index contributed by atoms with van der Waals surface area (Å²) in [7, 11) is 1.94. The van der Waals surface area contributed by atoms with Crippen LogP contribution in [0.2, 0.25) is 0 Å². The lowest BCUT2D eigenvalue weighted by Gasteiger charge is -2.27. The first-order chi connectivity index (χ1) is 11.2. The monoisotopic (exact) mass is 309 g/mol. The van der Waals surface area contributed by atoms with Gasteiger partial charge in [0.2, 0.25) is 0 Å². The molecule has 1 aromatic carbocycles. The molecule has 0 radical (unpaired) electrons. The average molecular weight is 309 g/mol. The van der Waals surface area contributed by atoms with Crippen molar-refractivity contribution in [2.45, 2.75) is 31.7 Å². The maximum Gasteiger partial charge on any atom is 0.0929 e. The molecule has 0 bridgehead atoms. The largest absolute Gasteiger partial charge is 0.330 e. The van der Waals surface area contributed by atoms with E-state index in [1.807, 2.05) is 24.1 Å². The molecule has 1 saturated carbocycles. The molecule has 0 saturated heterocycles. The summed E-state index contributed by atoms with van der Waals surface area (Å²) in [6, 6.07) is 6.99. The van der Waals surface area contributed by atoms with Crippen LogP contribution in [0.1, 0.15) is 31.7 Å². The van der Waals surface area contributed by atoms with E-state index in [2.05, 4.69) is 34.2 Å². The van der Waals surface area contributed by atoms with Crippen LogP contribution in [0.5, 0.6) is 0 Å². The Balaban J connectivity index is 1.61. The molecule has 5 heteroatoms. The van der Waals surface area contributed by atoms with Gasteiger partial charge in [-0.3, -0.25) is 9.36 Å². The van der Waals surface area contributed by atoms with Gasteiger partial charge in [-0.05, 0) is 49.8 Å². The van der Waals surface area contributed by atoms with Gasteiger partial charge in [0.05, 0.1) is 17.8 Å². The van der Waals surface area contributed by atoms with E-state index in [1.54, 1.807) is 0 Å². The van der Waals surface area contributed by atoms with Crippen LogP contribution in [-0.4, -0.2) is 26.1 Å². The molecule has 0 atom stereocenters. The fourth-order valence-corrected chi connectivity index (χ4v) is 3.62. The van der Waals surface area contributed by atoms with Crippen molar-refractivity contribution in [3.63, 3.8) is 0 Å². The number of hydrogen-bond donors (Lipinski definition) is 1. The minimum Gasteiger partial charge on any atom is -0.330 e. The normalized spacial score (nSPS) is 21.8. The van der Waals surface area contributed by atoms with Crippen LogP contribution in [0.4, 0.5) is 0 Å². The molecule has 0 spiro atoms. The van der Waals surface area contributed by atoms with Crippen LogP contribution in [0.25, 0.3) is 22.0 Å². The molecule has 0 aliphatic heterocycles. The van der Waals surface area contributed by atoms with Crippen molar-refractivity contribution in [3.05, 3.63) is 36.8 Å². The van der Waals surface area contributed by atoms with Gasteiger partial charge in [0, 0.05) is 30.4 Å². The van der Waals surface area contributed by atoms with Gasteiger partial charge in [-0.25, -0.2) is 0 Å². The van der Waals surface area contributed by atoms with Gasteiger partial charge in [0.15, 0.2) is 0 Å². The maximum atomic E-state index is 5.79. The first-order valence-corrected chi connectivity index (χ1v) is 8.41. The molecule has 2 heterocycles. The zero-order valence-electron chi connectivity index (χ0n) is 13.5. The van der Waals surface area contributed by atoms with Crippen LogP contribution < -0.4 is 5.73 Å². The Morgan fingerprint density at radius 2 is 1.96 bits per heavy atom. The molecule has 5 nitrogen and oxygen atoms in total. The Bertz CT molecular complexity index is 808. The quantitative estimate of drug-likeness (QED) is 0.808. The van der Waals surface area contributed by atoms with Crippen molar-refractivity contribution >= 4 is 10.9 Å². The average Bonchev–Trinajstić information content (AvgIpc) is 3.20. The van der Waals surface area contributed by atoms with Crippen LogP contribution in [0, 0.1) is 5.92 Å². The second-order valence-corrected chi connectivity index (χ2v) is 6.70. The molecule has 23 heavy (non-hydrogen) atoms. The number of aromatic nitrogens is 4. The van der Waals surface area contributed by atoms with Gasteiger partial charge >= 0.3 is 0 Å². The van der Waals surface area contributed by atoms with Crippen LogP contribution in [0.3, 0.4) is 0 Å². The van der Waals surface area contributed by atoms with Crippen molar-refractivity contribution in [2.75, 3.05) is 6.54 Å². The number of hydrogen-bond acceptors (Lipinski definition) is 3. The number of fused-ring (bicyclic) bond motifs is 1. The predicted molar refractivity (Wildman–Crippen MR) is 92.0 cm³/mol. The Morgan fingerprint density at radius 3 is 2.65 bits per heavy atom. The standard InChI is InChI=1S/C18H23N5/c1-22-11-16(10-20-22)14-4-5-15-12-23(21-18(15)8-14)17-6-2-13(9-19)3-7-17/h4-5,8,10-13,17H,2-3,6-7,9,19H2,1H3. The Labute approximate surface area is 136 Å². The highest BCUT2D eigenvalue weighted by molar-refractivity contribution is 5.83. The Morgan fingerprint density at radius 1 is 1.13 bits per heavy atom. The fraction of sp³-hybridized carbons (Fsp3) is 0.444. The lowest BCUT2D eigenvalue weighted by atomic mass is 9.86. The third-order valence-electron chi connectivity index (χ3n) is 5.09. The molecule has 2 N–H and O–H groups in total. The summed E-state index contributed by atoms with van der Waals surface area (Å²) in [4.78, 5) is 0. The first kappa shape index (κ1) is 14.5. The van der Waals surface area contributed by atoms with Crippen molar-refractivity contribution in [2.24, 2.45) is 18.7 Å². The van der Waals surface area contributed by atoms with Crippen LogP contribution in [0.15, 0.2) is 36.8 Å². The maximum absolute atomic E-state index is 5.79. The molecule has 120 valence electrons. The zero-order chi connectivity index (χ0) is 15.8. The van der Waals surface area contributed by atoms with Crippen molar-refractivity contribution < 1.29 is 0 Å². The lowest BCUT2D eigenvalue weighted by Crippen LogP contribution is -2.23. The minimum absolute atomic E-state index is 0.520. The predicted octanol–water partition coefficient (Wildman–Crippen LogP) is 3.13.